The highest BCUT2D eigenvalue weighted by molar-refractivity contribution is 7.13. The molecule has 2 heterocycles. The predicted molar refractivity (Wildman–Crippen MR) is 83.0 cm³/mol. The van der Waals surface area contributed by atoms with E-state index in [0.717, 1.165) is 11.4 Å². The molecule has 0 aliphatic carbocycles. The summed E-state index contributed by atoms with van der Waals surface area (Å²) in [6.45, 7) is 4.11. The largest absolute Gasteiger partial charge is 0.375 e. The molecule has 1 aromatic carbocycles. The maximum atomic E-state index is 12.1. The second-order valence-electron chi connectivity index (χ2n) is 5.55. The summed E-state index contributed by atoms with van der Waals surface area (Å²) < 4.78 is 0. The molecule has 0 spiro atoms. The number of amides is 2. The lowest BCUT2D eigenvalue weighted by Gasteiger charge is -2.11. The first-order valence-electron chi connectivity index (χ1n) is 7.12. The number of benzene rings is 1. The average Bonchev–Trinajstić information content (AvgIpc) is 3.06. The molecule has 0 atom stereocenters. The molecule has 0 unspecified atom stereocenters. The van der Waals surface area contributed by atoms with Crippen molar-refractivity contribution in [1.29, 1.82) is 0 Å². The van der Waals surface area contributed by atoms with E-state index in [1.165, 1.54) is 29.7 Å². The lowest BCUT2D eigenvalue weighted by Crippen LogP contribution is -2.32. The summed E-state index contributed by atoms with van der Waals surface area (Å²) in [5.74, 6) is -1.61. The Morgan fingerprint density at radius 2 is 1.83 bits per heavy atom. The highest BCUT2D eigenvalue weighted by Gasteiger charge is 2.39. The van der Waals surface area contributed by atoms with Gasteiger partial charge in [0.25, 0.3) is 11.8 Å². The molecule has 0 saturated carbocycles. The average molecular weight is 330 g/mol. The SMILES string of the molecule is CC(C)Cc1ncc(C(=O)ON2C(=O)c3ccccc3C2=O)s1. The van der Waals surface area contributed by atoms with E-state index < -0.39 is 17.8 Å². The molecular formula is C16H14N2O4S. The van der Waals surface area contributed by atoms with Crippen LogP contribution in [-0.4, -0.2) is 27.8 Å². The second-order valence-corrected chi connectivity index (χ2v) is 6.66. The van der Waals surface area contributed by atoms with Gasteiger partial charge < -0.3 is 4.84 Å². The first-order valence-corrected chi connectivity index (χ1v) is 7.94. The predicted octanol–water partition coefficient (Wildman–Crippen LogP) is 2.71. The number of imide groups is 1. The van der Waals surface area contributed by atoms with Crippen molar-refractivity contribution in [3.63, 3.8) is 0 Å². The van der Waals surface area contributed by atoms with Crippen LogP contribution in [0, 0.1) is 5.92 Å². The van der Waals surface area contributed by atoms with Crippen molar-refractivity contribution in [2.45, 2.75) is 20.3 Å². The number of aromatic nitrogens is 1. The molecule has 7 heteroatoms. The maximum absolute atomic E-state index is 12.1. The van der Waals surface area contributed by atoms with E-state index >= 15 is 0 Å². The van der Waals surface area contributed by atoms with Crippen LogP contribution in [0.5, 0.6) is 0 Å². The fourth-order valence-corrected chi connectivity index (χ4v) is 3.23. The number of rotatable bonds is 4. The Morgan fingerprint density at radius 1 is 1.22 bits per heavy atom. The van der Waals surface area contributed by atoms with Crippen LogP contribution in [0.4, 0.5) is 0 Å². The Bertz CT molecular complexity index is 762. The second kappa shape index (κ2) is 5.92. The van der Waals surface area contributed by atoms with Gasteiger partial charge in [-0.15, -0.1) is 11.3 Å². The molecule has 0 N–H and O–H groups in total. The fraction of sp³-hybridized carbons (Fsp3) is 0.250. The zero-order valence-corrected chi connectivity index (χ0v) is 13.4. The number of carbonyl (C=O) groups is 3. The molecular weight excluding hydrogens is 316 g/mol. The van der Waals surface area contributed by atoms with Gasteiger partial charge in [0.15, 0.2) is 0 Å². The van der Waals surface area contributed by atoms with Crippen molar-refractivity contribution >= 4 is 29.1 Å². The van der Waals surface area contributed by atoms with Crippen molar-refractivity contribution in [1.82, 2.24) is 10.0 Å². The van der Waals surface area contributed by atoms with Gasteiger partial charge in [0.2, 0.25) is 0 Å². The van der Waals surface area contributed by atoms with E-state index in [1.807, 2.05) is 0 Å². The van der Waals surface area contributed by atoms with Crippen LogP contribution in [0.1, 0.15) is 49.2 Å². The molecule has 1 aliphatic rings. The Labute approximate surface area is 136 Å². The van der Waals surface area contributed by atoms with Gasteiger partial charge in [0.1, 0.15) is 4.88 Å². The lowest BCUT2D eigenvalue weighted by molar-refractivity contribution is -0.0581. The zero-order chi connectivity index (χ0) is 16.6. The molecule has 0 fully saturated rings. The highest BCUT2D eigenvalue weighted by atomic mass is 32.1. The minimum Gasteiger partial charge on any atom is -0.323 e. The molecule has 0 radical (unpaired) electrons. The molecule has 6 nitrogen and oxygen atoms in total. The van der Waals surface area contributed by atoms with E-state index in [1.54, 1.807) is 12.1 Å². The van der Waals surface area contributed by atoms with Crippen LogP contribution >= 0.6 is 11.3 Å². The standard InChI is InChI=1S/C16H14N2O4S/c1-9(2)7-13-17-8-12(23-13)16(21)22-18-14(19)10-5-3-4-6-11(10)15(18)20/h3-6,8-9H,7H2,1-2H3. The third-order valence-corrected chi connectivity index (χ3v) is 4.27. The molecule has 1 aromatic heterocycles. The third-order valence-electron chi connectivity index (χ3n) is 3.27. The van der Waals surface area contributed by atoms with E-state index in [4.69, 9.17) is 4.84 Å². The number of nitrogens with zero attached hydrogens (tertiary/aromatic N) is 2. The van der Waals surface area contributed by atoms with Crippen LogP contribution in [0.2, 0.25) is 0 Å². The number of thiazole rings is 1. The van der Waals surface area contributed by atoms with E-state index in [0.29, 0.717) is 11.0 Å². The van der Waals surface area contributed by atoms with Crippen LogP contribution in [0.25, 0.3) is 0 Å². The van der Waals surface area contributed by atoms with Gasteiger partial charge in [-0.2, -0.15) is 0 Å². The summed E-state index contributed by atoms with van der Waals surface area (Å²) in [6, 6.07) is 6.35. The number of hydrogen-bond donors (Lipinski definition) is 0. The Morgan fingerprint density at radius 3 is 2.39 bits per heavy atom. The summed E-state index contributed by atoms with van der Waals surface area (Å²) in [5.41, 5.74) is 0.463. The van der Waals surface area contributed by atoms with Gasteiger partial charge in [-0.1, -0.05) is 31.0 Å². The van der Waals surface area contributed by atoms with Crippen LogP contribution in [-0.2, 0) is 11.3 Å². The summed E-state index contributed by atoms with van der Waals surface area (Å²) >= 11 is 1.20. The van der Waals surface area contributed by atoms with Crippen molar-refractivity contribution in [3.05, 3.63) is 51.5 Å². The van der Waals surface area contributed by atoms with Crippen molar-refractivity contribution in [2.24, 2.45) is 5.92 Å². The number of hydroxylamine groups is 2. The highest BCUT2D eigenvalue weighted by Crippen LogP contribution is 2.24. The minimum absolute atomic E-state index is 0.232. The summed E-state index contributed by atoms with van der Waals surface area (Å²) in [6.07, 6.45) is 2.16. The van der Waals surface area contributed by atoms with Crippen molar-refractivity contribution in [3.8, 4) is 0 Å². The normalized spacial score (nSPS) is 13.6. The molecule has 1 aliphatic heterocycles. The zero-order valence-electron chi connectivity index (χ0n) is 12.6. The third kappa shape index (κ3) is 2.87. The van der Waals surface area contributed by atoms with E-state index in [9.17, 15) is 14.4 Å². The number of fused-ring (bicyclic) bond motifs is 1. The van der Waals surface area contributed by atoms with Gasteiger partial charge in [0.05, 0.1) is 22.3 Å². The van der Waals surface area contributed by atoms with Gasteiger partial charge in [-0.3, -0.25) is 9.59 Å². The molecule has 3 rings (SSSR count). The maximum Gasteiger partial charge on any atom is 0.375 e. The first kappa shape index (κ1) is 15.4. The molecule has 23 heavy (non-hydrogen) atoms. The van der Waals surface area contributed by atoms with Gasteiger partial charge in [-0.05, 0) is 18.1 Å². The van der Waals surface area contributed by atoms with Crippen LogP contribution in [0.3, 0.4) is 0 Å². The lowest BCUT2D eigenvalue weighted by atomic mass is 10.1. The molecule has 2 amide bonds. The van der Waals surface area contributed by atoms with Crippen LogP contribution < -0.4 is 0 Å². The monoisotopic (exact) mass is 330 g/mol. The van der Waals surface area contributed by atoms with Gasteiger partial charge in [0, 0.05) is 6.42 Å². The van der Waals surface area contributed by atoms with Gasteiger partial charge in [-0.25, -0.2) is 9.78 Å². The van der Waals surface area contributed by atoms with E-state index in [2.05, 4.69) is 18.8 Å². The molecule has 0 bridgehead atoms. The van der Waals surface area contributed by atoms with Crippen molar-refractivity contribution < 1.29 is 19.2 Å². The molecule has 2 aromatic rings. The van der Waals surface area contributed by atoms with Gasteiger partial charge >= 0.3 is 5.97 Å². The van der Waals surface area contributed by atoms with Crippen molar-refractivity contribution in [2.75, 3.05) is 0 Å². The Hall–Kier alpha value is -2.54. The summed E-state index contributed by atoms with van der Waals surface area (Å²) in [5, 5.41) is 1.32. The van der Waals surface area contributed by atoms with Crippen LogP contribution in [0.15, 0.2) is 30.5 Å². The topological polar surface area (TPSA) is 76.6 Å². The quantitative estimate of drug-likeness (QED) is 0.806. The Balaban J connectivity index is 1.75. The number of hydrogen-bond acceptors (Lipinski definition) is 6. The smallest absolute Gasteiger partial charge is 0.323 e. The van der Waals surface area contributed by atoms with E-state index in [-0.39, 0.29) is 16.0 Å². The molecule has 0 saturated heterocycles. The fourth-order valence-electron chi connectivity index (χ4n) is 2.23. The minimum atomic E-state index is -0.757. The number of carbonyl (C=O) groups excluding carboxylic acids is 3. The Kier molecular flexibility index (Phi) is 3.96. The first-order chi connectivity index (χ1) is 11.0. The summed E-state index contributed by atoms with van der Waals surface area (Å²) in [7, 11) is 0. The summed E-state index contributed by atoms with van der Waals surface area (Å²) in [4.78, 5) is 45.8. The molecule has 118 valence electrons.